The van der Waals surface area contributed by atoms with Gasteiger partial charge in [0, 0.05) is 17.7 Å². The number of anilines is 1. The lowest BCUT2D eigenvalue weighted by molar-refractivity contribution is -0.385. The predicted molar refractivity (Wildman–Crippen MR) is 93.8 cm³/mol. The normalized spacial score (nSPS) is 11.3. The number of benzene rings is 2. The number of nitrogens with zero attached hydrogens (tertiary/aromatic N) is 4. The van der Waals surface area contributed by atoms with E-state index in [4.69, 9.17) is 0 Å². The molecule has 0 atom stereocenters. The summed E-state index contributed by atoms with van der Waals surface area (Å²) in [5.41, 5.74) is 4.23. The van der Waals surface area contributed by atoms with E-state index in [-0.39, 0.29) is 5.69 Å². The Morgan fingerprint density at radius 1 is 1.08 bits per heavy atom. The van der Waals surface area contributed by atoms with Gasteiger partial charge in [0.2, 0.25) is 0 Å². The molecular formula is C17H13N5O2. The van der Waals surface area contributed by atoms with Crippen LogP contribution in [0.4, 0.5) is 11.5 Å². The van der Waals surface area contributed by atoms with Gasteiger partial charge in [-0.3, -0.25) is 15.5 Å². The van der Waals surface area contributed by atoms with Crippen molar-refractivity contribution in [3.63, 3.8) is 0 Å². The fourth-order valence-electron chi connectivity index (χ4n) is 2.18. The SMILES string of the molecule is O=[N+]([O-])c1ccccc1/C=C\C=NNc1ncnc2ccccc12. The first-order chi connectivity index (χ1) is 11.8. The van der Waals surface area contributed by atoms with Crippen LogP contribution in [0.5, 0.6) is 0 Å². The molecule has 2 aromatic carbocycles. The molecule has 0 spiro atoms. The van der Waals surface area contributed by atoms with Crippen molar-refractivity contribution in [1.82, 2.24) is 9.97 Å². The van der Waals surface area contributed by atoms with Crippen LogP contribution in [-0.4, -0.2) is 21.1 Å². The van der Waals surface area contributed by atoms with E-state index in [2.05, 4.69) is 20.5 Å². The van der Waals surface area contributed by atoms with Crippen molar-refractivity contribution in [2.75, 3.05) is 5.43 Å². The summed E-state index contributed by atoms with van der Waals surface area (Å²) < 4.78 is 0. The quantitative estimate of drug-likeness (QED) is 0.440. The first kappa shape index (κ1) is 15.3. The Hall–Kier alpha value is -3.61. The molecule has 0 fully saturated rings. The monoisotopic (exact) mass is 319 g/mol. The molecule has 3 rings (SSSR count). The van der Waals surface area contributed by atoms with E-state index in [1.807, 2.05) is 24.3 Å². The highest BCUT2D eigenvalue weighted by atomic mass is 16.6. The summed E-state index contributed by atoms with van der Waals surface area (Å²) in [5, 5.41) is 15.9. The van der Waals surface area contributed by atoms with E-state index in [0.717, 1.165) is 10.9 Å². The number of para-hydroxylation sites is 2. The van der Waals surface area contributed by atoms with Crippen molar-refractivity contribution in [3.8, 4) is 0 Å². The van der Waals surface area contributed by atoms with Gasteiger partial charge in [-0.15, -0.1) is 0 Å². The largest absolute Gasteiger partial charge is 0.276 e. The molecule has 0 aliphatic heterocycles. The first-order valence-electron chi connectivity index (χ1n) is 7.14. The first-order valence-corrected chi connectivity index (χ1v) is 7.14. The van der Waals surface area contributed by atoms with E-state index in [1.54, 1.807) is 30.4 Å². The van der Waals surface area contributed by atoms with Gasteiger partial charge in [-0.05, 0) is 30.4 Å². The number of hydrogen-bond donors (Lipinski definition) is 1. The van der Waals surface area contributed by atoms with Crippen LogP contribution in [0, 0.1) is 10.1 Å². The second kappa shape index (κ2) is 7.10. The Kier molecular flexibility index (Phi) is 4.52. The molecule has 118 valence electrons. The van der Waals surface area contributed by atoms with Crippen LogP contribution in [-0.2, 0) is 0 Å². The molecule has 0 aliphatic carbocycles. The number of aromatic nitrogens is 2. The summed E-state index contributed by atoms with van der Waals surface area (Å²) >= 11 is 0. The Bertz CT molecular complexity index is 932. The molecule has 0 bridgehead atoms. The van der Waals surface area contributed by atoms with Crippen LogP contribution in [0.15, 0.2) is 66.0 Å². The summed E-state index contributed by atoms with van der Waals surface area (Å²) in [4.78, 5) is 18.8. The molecule has 1 aromatic heterocycles. The van der Waals surface area contributed by atoms with Gasteiger partial charge in [-0.1, -0.05) is 24.3 Å². The minimum absolute atomic E-state index is 0.0527. The maximum Gasteiger partial charge on any atom is 0.276 e. The van der Waals surface area contributed by atoms with Crippen LogP contribution < -0.4 is 5.43 Å². The number of nitrogens with one attached hydrogen (secondary N) is 1. The smallest absolute Gasteiger partial charge is 0.261 e. The fourth-order valence-corrected chi connectivity index (χ4v) is 2.18. The average Bonchev–Trinajstić information content (AvgIpc) is 2.62. The number of allylic oxidation sites excluding steroid dienone is 1. The van der Waals surface area contributed by atoms with Crippen molar-refractivity contribution < 1.29 is 4.92 Å². The number of fused-ring (bicyclic) bond motifs is 1. The molecule has 0 saturated carbocycles. The van der Waals surface area contributed by atoms with E-state index in [1.165, 1.54) is 18.6 Å². The molecule has 0 saturated heterocycles. The van der Waals surface area contributed by atoms with Crippen LogP contribution in [0.1, 0.15) is 5.56 Å². The molecular weight excluding hydrogens is 306 g/mol. The molecule has 7 nitrogen and oxygen atoms in total. The van der Waals surface area contributed by atoms with Crippen molar-refractivity contribution in [2.45, 2.75) is 0 Å². The van der Waals surface area contributed by atoms with Crippen LogP contribution in [0.25, 0.3) is 17.0 Å². The minimum Gasteiger partial charge on any atom is -0.261 e. The van der Waals surface area contributed by atoms with E-state index in [9.17, 15) is 10.1 Å². The summed E-state index contributed by atoms with van der Waals surface area (Å²) in [6.45, 7) is 0. The van der Waals surface area contributed by atoms with Gasteiger partial charge in [0.25, 0.3) is 5.69 Å². The summed E-state index contributed by atoms with van der Waals surface area (Å²) in [5.74, 6) is 0.593. The fraction of sp³-hybridized carbons (Fsp3) is 0. The number of nitro benzene ring substituents is 1. The van der Waals surface area contributed by atoms with Crippen molar-refractivity contribution in [3.05, 3.63) is 76.6 Å². The predicted octanol–water partition coefficient (Wildman–Crippen LogP) is 3.65. The Morgan fingerprint density at radius 2 is 1.88 bits per heavy atom. The van der Waals surface area contributed by atoms with E-state index < -0.39 is 4.92 Å². The molecule has 0 unspecified atom stereocenters. The number of hydrogen-bond acceptors (Lipinski definition) is 6. The standard InChI is InChI=1S/C17H13N5O2/c23-22(24)16-10-4-1-6-13(16)7-5-11-20-21-17-14-8-2-3-9-15(14)18-12-19-17/h1-12H,(H,18,19,21)/b7-5-,20-11?. The maximum absolute atomic E-state index is 10.9. The Balaban J connectivity index is 1.72. The number of hydrazone groups is 1. The summed E-state index contributed by atoms with van der Waals surface area (Å²) in [7, 11) is 0. The zero-order chi connectivity index (χ0) is 16.8. The van der Waals surface area contributed by atoms with Crippen molar-refractivity contribution in [2.24, 2.45) is 5.10 Å². The molecule has 0 amide bonds. The molecule has 24 heavy (non-hydrogen) atoms. The molecule has 1 N–H and O–H groups in total. The van der Waals surface area contributed by atoms with Crippen LogP contribution in [0.3, 0.4) is 0 Å². The Labute approximate surface area is 137 Å². The van der Waals surface area contributed by atoms with Gasteiger partial charge < -0.3 is 0 Å². The molecule has 3 aromatic rings. The highest BCUT2D eigenvalue weighted by Gasteiger charge is 2.08. The molecule has 7 heteroatoms. The maximum atomic E-state index is 10.9. The zero-order valence-corrected chi connectivity index (χ0v) is 12.5. The second-order valence-corrected chi connectivity index (χ2v) is 4.80. The van der Waals surface area contributed by atoms with Gasteiger partial charge in [0.05, 0.1) is 16.0 Å². The molecule has 1 heterocycles. The van der Waals surface area contributed by atoms with Crippen molar-refractivity contribution in [1.29, 1.82) is 0 Å². The summed E-state index contributed by atoms with van der Waals surface area (Å²) in [6, 6.07) is 14.1. The highest BCUT2D eigenvalue weighted by Crippen LogP contribution is 2.19. The van der Waals surface area contributed by atoms with Gasteiger partial charge in [-0.2, -0.15) is 5.10 Å². The van der Waals surface area contributed by atoms with Gasteiger partial charge >= 0.3 is 0 Å². The third-order valence-corrected chi connectivity index (χ3v) is 3.28. The minimum atomic E-state index is -0.415. The number of nitro groups is 1. The third-order valence-electron chi connectivity index (χ3n) is 3.28. The topological polar surface area (TPSA) is 93.3 Å². The van der Waals surface area contributed by atoms with Gasteiger partial charge in [0.1, 0.15) is 6.33 Å². The van der Waals surface area contributed by atoms with Crippen molar-refractivity contribution >= 4 is 34.7 Å². The van der Waals surface area contributed by atoms with E-state index in [0.29, 0.717) is 11.4 Å². The lowest BCUT2D eigenvalue weighted by Crippen LogP contribution is -1.94. The van der Waals surface area contributed by atoms with Crippen LogP contribution >= 0.6 is 0 Å². The van der Waals surface area contributed by atoms with Crippen LogP contribution in [0.2, 0.25) is 0 Å². The lowest BCUT2D eigenvalue weighted by atomic mass is 10.2. The zero-order valence-electron chi connectivity index (χ0n) is 12.5. The second-order valence-electron chi connectivity index (χ2n) is 4.80. The average molecular weight is 319 g/mol. The third kappa shape index (κ3) is 3.41. The molecule has 0 radical (unpaired) electrons. The Morgan fingerprint density at radius 3 is 2.75 bits per heavy atom. The molecule has 0 aliphatic rings. The van der Waals surface area contributed by atoms with Gasteiger partial charge in [-0.25, -0.2) is 9.97 Å². The highest BCUT2D eigenvalue weighted by molar-refractivity contribution is 5.89. The van der Waals surface area contributed by atoms with E-state index >= 15 is 0 Å². The lowest BCUT2D eigenvalue weighted by Gasteiger charge is -2.02. The number of rotatable bonds is 5. The van der Waals surface area contributed by atoms with Gasteiger partial charge in [0.15, 0.2) is 5.82 Å². The summed E-state index contributed by atoms with van der Waals surface area (Å²) in [6.07, 6.45) is 6.22.